The molecule has 0 radical (unpaired) electrons. The summed E-state index contributed by atoms with van der Waals surface area (Å²) in [6, 6.07) is 9.43. The van der Waals surface area contributed by atoms with Crippen molar-refractivity contribution >= 4 is 11.7 Å². The lowest BCUT2D eigenvalue weighted by Gasteiger charge is -2.26. The van der Waals surface area contributed by atoms with E-state index in [0.29, 0.717) is 23.7 Å². The van der Waals surface area contributed by atoms with Gasteiger partial charge in [-0.15, -0.1) is 0 Å². The summed E-state index contributed by atoms with van der Waals surface area (Å²) in [6.07, 6.45) is 1.64. The molecule has 7 heteroatoms. The van der Waals surface area contributed by atoms with E-state index in [9.17, 15) is 14.7 Å². The first-order valence-electron chi connectivity index (χ1n) is 9.15. The second kappa shape index (κ2) is 8.79. The van der Waals surface area contributed by atoms with Crippen molar-refractivity contribution in [1.82, 2.24) is 4.90 Å². The molecule has 7 nitrogen and oxygen atoms in total. The molecule has 1 aromatic heterocycles. The number of aliphatic hydroxyl groups is 1. The predicted octanol–water partition coefficient (Wildman–Crippen LogP) is 3.38. The van der Waals surface area contributed by atoms with E-state index in [-0.39, 0.29) is 24.5 Å². The molecule has 0 saturated heterocycles. The fourth-order valence-corrected chi connectivity index (χ4v) is 3.24. The van der Waals surface area contributed by atoms with Crippen molar-refractivity contribution in [2.75, 3.05) is 26.9 Å². The fourth-order valence-electron chi connectivity index (χ4n) is 3.24. The van der Waals surface area contributed by atoms with E-state index >= 15 is 0 Å². The smallest absolute Gasteiger partial charge is 0.290 e. The Bertz CT molecular complexity index is 940. The minimum atomic E-state index is -0.760. The molecule has 1 aromatic carbocycles. The Kier molecular flexibility index (Phi) is 6.19. The minimum Gasteiger partial charge on any atom is -0.503 e. The molecule has 0 fully saturated rings. The maximum absolute atomic E-state index is 13.1. The molecule has 1 N–H and O–H groups in total. The summed E-state index contributed by atoms with van der Waals surface area (Å²) in [7, 11) is 1.52. The Hall–Kier alpha value is -3.32. The molecule has 2 aromatic rings. The van der Waals surface area contributed by atoms with E-state index in [1.54, 1.807) is 43.3 Å². The van der Waals surface area contributed by atoms with Crippen LogP contribution in [-0.4, -0.2) is 48.6 Å². The first kappa shape index (κ1) is 20.4. The van der Waals surface area contributed by atoms with Crippen molar-refractivity contribution in [3.8, 4) is 5.75 Å². The Balaban J connectivity index is 2.00. The van der Waals surface area contributed by atoms with Crippen LogP contribution in [0.15, 0.2) is 64.8 Å². The lowest BCUT2D eigenvalue weighted by molar-refractivity contribution is -0.130. The summed E-state index contributed by atoms with van der Waals surface area (Å²) in [5.41, 5.74) is 0.649. The molecule has 0 spiro atoms. The summed E-state index contributed by atoms with van der Waals surface area (Å²) in [5, 5.41) is 10.5. The number of methoxy groups -OCH3 is 1. The van der Waals surface area contributed by atoms with Gasteiger partial charge in [0.1, 0.15) is 18.1 Å². The highest BCUT2D eigenvalue weighted by molar-refractivity contribution is 6.15. The third kappa shape index (κ3) is 4.09. The highest BCUT2D eigenvalue weighted by Gasteiger charge is 2.44. The largest absolute Gasteiger partial charge is 0.503 e. The molecule has 2 heterocycles. The number of Topliss-reactive ketones (excluding diaryl/α,β-unsaturated/α-hetero) is 1. The monoisotopic (exact) mass is 397 g/mol. The number of aryl methyl sites for hydroxylation is 1. The summed E-state index contributed by atoms with van der Waals surface area (Å²) in [4.78, 5) is 27.2. The number of carbonyl (C=O) groups excluding carboxylic acids is 2. The lowest BCUT2D eigenvalue weighted by Crippen LogP contribution is -2.34. The first-order chi connectivity index (χ1) is 14.0. The molecule has 0 bridgehead atoms. The highest BCUT2D eigenvalue weighted by Crippen LogP contribution is 2.39. The van der Waals surface area contributed by atoms with Gasteiger partial charge in [-0.25, -0.2) is 0 Å². The Morgan fingerprint density at radius 3 is 2.59 bits per heavy atom. The molecule has 29 heavy (non-hydrogen) atoms. The van der Waals surface area contributed by atoms with Gasteiger partial charge in [-0.3, -0.25) is 9.59 Å². The number of aliphatic hydroxyl groups excluding tert-OH is 1. The van der Waals surface area contributed by atoms with Crippen molar-refractivity contribution < 1.29 is 28.6 Å². The zero-order chi connectivity index (χ0) is 21.0. The van der Waals surface area contributed by atoms with Crippen LogP contribution in [0, 0.1) is 6.92 Å². The van der Waals surface area contributed by atoms with Gasteiger partial charge < -0.3 is 23.9 Å². The van der Waals surface area contributed by atoms with Crippen molar-refractivity contribution in [2.45, 2.75) is 13.0 Å². The Morgan fingerprint density at radius 2 is 2.00 bits per heavy atom. The zero-order valence-electron chi connectivity index (χ0n) is 16.4. The van der Waals surface area contributed by atoms with Gasteiger partial charge in [0.25, 0.3) is 5.91 Å². The zero-order valence-corrected chi connectivity index (χ0v) is 16.4. The molecule has 1 aliphatic heterocycles. The average molecular weight is 397 g/mol. The Morgan fingerprint density at radius 1 is 1.28 bits per heavy atom. The van der Waals surface area contributed by atoms with Crippen LogP contribution >= 0.6 is 0 Å². The van der Waals surface area contributed by atoms with Crippen molar-refractivity contribution in [3.05, 3.63) is 77.5 Å². The van der Waals surface area contributed by atoms with Crippen LogP contribution in [0.2, 0.25) is 0 Å². The maximum Gasteiger partial charge on any atom is 0.290 e. The second-order valence-corrected chi connectivity index (χ2v) is 6.56. The molecule has 3 rings (SSSR count). The van der Waals surface area contributed by atoms with E-state index in [0.717, 1.165) is 0 Å². The van der Waals surface area contributed by atoms with Crippen LogP contribution in [0.4, 0.5) is 0 Å². The Labute approximate surface area is 168 Å². The van der Waals surface area contributed by atoms with Crippen LogP contribution in [0.3, 0.4) is 0 Å². The van der Waals surface area contributed by atoms with Gasteiger partial charge in [0, 0.05) is 13.7 Å². The number of benzene rings is 1. The number of amides is 1. The quantitative estimate of drug-likeness (QED) is 0.515. The van der Waals surface area contributed by atoms with Gasteiger partial charge in [0.15, 0.2) is 11.5 Å². The van der Waals surface area contributed by atoms with Crippen LogP contribution in [0.25, 0.3) is 0 Å². The number of hydrogen-bond acceptors (Lipinski definition) is 6. The normalized spacial score (nSPS) is 16.4. The van der Waals surface area contributed by atoms with E-state index < -0.39 is 23.5 Å². The molecule has 1 atom stereocenters. The van der Waals surface area contributed by atoms with Crippen LogP contribution in [0.1, 0.15) is 27.9 Å². The van der Waals surface area contributed by atoms with E-state index in [4.69, 9.17) is 13.9 Å². The standard InChI is InChI=1S/C22H23NO6/c1-4-12-28-16-8-6-15(7-9-16)19-18(20(24)17-10-5-14(2)29-17)21(25)22(26)23(19)11-13-27-3/h4-10,19,25H,1,11-13H2,2-3H3. The summed E-state index contributed by atoms with van der Waals surface area (Å²) in [5.74, 6) is -0.455. The van der Waals surface area contributed by atoms with E-state index in [2.05, 4.69) is 6.58 Å². The summed E-state index contributed by atoms with van der Waals surface area (Å²) < 4.78 is 16.0. The SMILES string of the molecule is C=CCOc1ccc(C2C(C(=O)c3ccc(C)o3)=C(O)C(=O)N2CCOC)cc1. The average Bonchev–Trinajstić information content (AvgIpc) is 3.27. The summed E-state index contributed by atoms with van der Waals surface area (Å²) in [6.45, 7) is 6.17. The van der Waals surface area contributed by atoms with Crippen LogP contribution in [-0.2, 0) is 9.53 Å². The van der Waals surface area contributed by atoms with Crippen LogP contribution in [0.5, 0.6) is 5.75 Å². The number of carbonyl (C=O) groups is 2. The lowest BCUT2D eigenvalue weighted by atomic mass is 9.95. The molecule has 0 aliphatic carbocycles. The van der Waals surface area contributed by atoms with E-state index in [1.807, 2.05) is 0 Å². The molecule has 1 amide bonds. The predicted molar refractivity (Wildman–Crippen MR) is 106 cm³/mol. The number of ketones is 1. The van der Waals surface area contributed by atoms with Crippen LogP contribution < -0.4 is 4.74 Å². The van der Waals surface area contributed by atoms with Gasteiger partial charge in [0.05, 0.1) is 18.2 Å². The topological polar surface area (TPSA) is 89.2 Å². The molecule has 1 aliphatic rings. The number of nitrogens with zero attached hydrogens (tertiary/aromatic N) is 1. The van der Waals surface area contributed by atoms with Gasteiger partial charge in [-0.1, -0.05) is 24.8 Å². The van der Waals surface area contributed by atoms with Gasteiger partial charge in [0.2, 0.25) is 5.78 Å². The number of ether oxygens (including phenoxy) is 2. The fraction of sp³-hybridized carbons (Fsp3) is 0.273. The second-order valence-electron chi connectivity index (χ2n) is 6.56. The number of rotatable bonds is 9. The summed E-state index contributed by atoms with van der Waals surface area (Å²) >= 11 is 0. The van der Waals surface area contributed by atoms with Gasteiger partial charge >= 0.3 is 0 Å². The molecule has 1 unspecified atom stereocenters. The van der Waals surface area contributed by atoms with Gasteiger partial charge in [-0.2, -0.15) is 0 Å². The van der Waals surface area contributed by atoms with Gasteiger partial charge in [-0.05, 0) is 36.8 Å². The van der Waals surface area contributed by atoms with E-state index in [1.165, 1.54) is 18.1 Å². The van der Waals surface area contributed by atoms with Crippen molar-refractivity contribution in [3.63, 3.8) is 0 Å². The first-order valence-corrected chi connectivity index (χ1v) is 9.15. The molecular weight excluding hydrogens is 374 g/mol. The molecule has 152 valence electrons. The highest BCUT2D eigenvalue weighted by atomic mass is 16.5. The third-order valence-electron chi connectivity index (χ3n) is 4.61. The third-order valence-corrected chi connectivity index (χ3v) is 4.61. The minimum absolute atomic E-state index is 0.0137. The maximum atomic E-state index is 13.1. The molecule has 0 saturated carbocycles. The number of furan rings is 1. The number of hydrogen-bond donors (Lipinski definition) is 1. The molecular formula is C22H23NO6. The van der Waals surface area contributed by atoms with Crippen molar-refractivity contribution in [2.24, 2.45) is 0 Å². The van der Waals surface area contributed by atoms with Crippen molar-refractivity contribution in [1.29, 1.82) is 0 Å².